The number of benzene rings is 1. The molecule has 0 bridgehead atoms. The van der Waals surface area contributed by atoms with Crippen molar-refractivity contribution in [3.63, 3.8) is 0 Å². The van der Waals surface area contributed by atoms with Crippen LogP contribution < -0.4 is 5.32 Å². The number of aromatic nitrogens is 2. The van der Waals surface area contributed by atoms with Gasteiger partial charge in [0.1, 0.15) is 5.82 Å². The lowest BCUT2D eigenvalue weighted by molar-refractivity contribution is 0.627. The molecule has 0 radical (unpaired) electrons. The molecule has 2 aromatic rings. The van der Waals surface area contributed by atoms with Crippen LogP contribution in [0.15, 0.2) is 35.7 Å². The van der Waals surface area contributed by atoms with Crippen molar-refractivity contribution in [2.75, 3.05) is 5.32 Å². The quantitative estimate of drug-likeness (QED) is 0.885. The molecule has 0 aliphatic carbocycles. The van der Waals surface area contributed by atoms with Gasteiger partial charge in [0.15, 0.2) is 5.82 Å². The summed E-state index contributed by atoms with van der Waals surface area (Å²) >= 11 is 6.22. The van der Waals surface area contributed by atoms with Gasteiger partial charge in [-0.1, -0.05) is 31.0 Å². The summed E-state index contributed by atoms with van der Waals surface area (Å²) in [5, 5.41) is 20.1. The highest BCUT2D eigenvalue weighted by Crippen LogP contribution is 2.43. The lowest BCUT2D eigenvalue weighted by atomic mass is 9.82. The molecule has 1 aromatic carbocycles. The molecule has 1 aliphatic heterocycles. The third kappa shape index (κ3) is 2.36. The molecule has 0 fully saturated rings. The minimum Gasteiger partial charge on any atom is -0.341 e. The molecule has 0 saturated carbocycles. The number of hydrogen-bond donors (Lipinski definition) is 2. The maximum Gasteiger partial charge on any atom is 0.156 e. The molecule has 3 rings (SSSR count). The van der Waals surface area contributed by atoms with Crippen molar-refractivity contribution in [2.45, 2.75) is 25.7 Å². The van der Waals surface area contributed by atoms with Gasteiger partial charge in [-0.05, 0) is 24.1 Å². The fraction of sp³-hybridized carbons (Fsp3) is 0.250. The first-order valence-electron chi connectivity index (χ1n) is 7.04. The molecule has 112 valence electrons. The van der Waals surface area contributed by atoms with Crippen LogP contribution in [-0.4, -0.2) is 10.2 Å². The molecule has 0 amide bonds. The van der Waals surface area contributed by atoms with Gasteiger partial charge in [-0.25, -0.2) is 4.39 Å². The van der Waals surface area contributed by atoms with Crippen molar-refractivity contribution in [3.05, 3.63) is 57.6 Å². The largest absolute Gasteiger partial charge is 0.341 e. The van der Waals surface area contributed by atoms with E-state index in [2.05, 4.69) is 21.6 Å². The van der Waals surface area contributed by atoms with E-state index < -0.39 is 5.82 Å². The number of H-pyrrole nitrogens is 1. The Morgan fingerprint density at radius 2 is 2.23 bits per heavy atom. The normalized spacial score (nSPS) is 16.9. The van der Waals surface area contributed by atoms with Gasteiger partial charge in [-0.2, -0.15) is 10.4 Å². The highest BCUT2D eigenvalue weighted by molar-refractivity contribution is 6.31. The van der Waals surface area contributed by atoms with Gasteiger partial charge < -0.3 is 5.32 Å². The third-order valence-electron chi connectivity index (χ3n) is 3.76. The van der Waals surface area contributed by atoms with Crippen LogP contribution in [0.5, 0.6) is 0 Å². The van der Waals surface area contributed by atoms with Crippen LogP contribution in [0.3, 0.4) is 0 Å². The standard InChI is InChI=1S/C16H14ClFN4/c1-2-3-14-11(7-19)15(12-8-20-22-16(12)21-14)10-5-4-9(18)6-13(10)17/h4-6,8,15H,2-3H2,1H3,(H2,20,21,22). The summed E-state index contributed by atoms with van der Waals surface area (Å²) < 4.78 is 13.3. The number of fused-ring (bicyclic) bond motifs is 1. The van der Waals surface area contributed by atoms with E-state index in [4.69, 9.17) is 11.6 Å². The van der Waals surface area contributed by atoms with E-state index in [0.717, 1.165) is 24.1 Å². The smallest absolute Gasteiger partial charge is 0.156 e. The van der Waals surface area contributed by atoms with Crippen LogP contribution in [0.4, 0.5) is 10.2 Å². The number of halogens is 2. The van der Waals surface area contributed by atoms with Crippen LogP contribution in [0.1, 0.15) is 36.8 Å². The number of aromatic amines is 1. The van der Waals surface area contributed by atoms with E-state index in [-0.39, 0.29) is 5.92 Å². The summed E-state index contributed by atoms with van der Waals surface area (Å²) in [7, 11) is 0. The highest BCUT2D eigenvalue weighted by atomic mass is 35.5. The molecule has 2 heterocycles. The molecule has 0 saturated heterocycles. The molecule has 6 heteroatoms. The molecule has 1 unspecified atom stereocenters. The van der Waals surface area contributed by atoms with E-state index in [9.17, 15) is 9.65 Å². The molecule has 2 N–H and O–H groups in total. The zero-order chi connectivity index (χ0) is 15.7. The Morgan fingerprint density at radius 1 is 1.41 bits per heavy atom. The first-order valence-corrected chi connectivity index (χ1v) is 7.42. The van der Waals surface area contributed by atoms with Gasteiger partial charge >= 0.3 is 0 Å². The predicted molar refractivity (Wildman–Crippen MR) is 83.0 cm³/mol. The monoisotopic (exact) mass is 316 g/mol. The van der Waals surface area contributed by atoms with Crippen LogP contribution in [0.25, 0.3) is 0 Å². The van der Waals surface area contributed by atoms with E-state index >= 15 is 0 Å². The zero-order valence-electron chi connectivity index (χ0n) is 12.0. The number of nitrogens with one attached hydrogen (secondary N) is 2. The third-order valence-corrected chi connectivity index (χ3v) is 4.09. The van der Waals surface area contributed by atoms with E-state index in [1.54, 1.807) is 12.3 Å². The number of nitrogens with zero attached hydrogens (tertiary/aromatic N) is 2. The summed E-state index contributed by atoms with van der Waals surface area (Å²) in [6.07, 6.45) is 3.38. The van der Waals surface area contributed by atoms with Gasteiger partial charge in [-0.15, -0.1) is 0 Å². The van der Waals surface area contributed by atoms with Gasteiger partial charge in [0.2, 0.25) is 0 Å². The summed E-state index contributed by atoms with van der Waals surface area (Å²) in [5.74, 6) is -0.0473. The lowest BCUT2D eigenvalue weighted by Crippen LogP contribution is -2.18. The summed E-state index contributed by atoms with van der Waals surface area (Å²) in [5.41, 5.74) is 2.99. The van der Waals surface area contributed by atoms with Crippen molar-refractivity contribution in [3.8, 4) is 6.07 Å². The molecular weight excluding hydrogens is 303 g/mol. The summed E-state index contributed by atoms with van der Waals surface area (Å²) in [6, 6.07) is 6.54. The average Bonchev–Trinajstić information content (AvgIpc) is 2.94. The minimum absolute atomic E-state index is 0.308. The van der Waals surface area contributed by atoms with Crippen molar-refractivity contribution in [1.29, 1.82) is 5.26 Å². The Morgan fingerprint density at radius 3 is 2.91 bits per heavy atom. The van der Waals surface area contributed by atoms with Gasteiger partial charge in [0.25, 0.3) is 0 Å². The summed E-state index contributed by atoms with van der Waals surface area (Å²) in [6.45, 7) is 2.05. The second-order valence-corrected chi connectivity index (χ2v) is 5.57. The van der Waals surface area contributed by atoms with Gasteiger partial charge in [0, 0.05) is 22.5 Å². The minimum atomic E-state index is -0.397. The van der Waals surface area contributed by atoms with Crippen LogP contribution >= 0.6 is 11.6 Å². The Hall–Kier alpha value is -2.32. The van der Waals surface area contributed by atoms with Crippen LogP contribution in [0, 0.1) is 17.1 Å². The predicted octanol–water partition coefficient (Wildman–Crippen LogP) is 4.34. The first-order chi connectivity index (χ1) is 10.7. The number of allylic oxidation sites excluding steroid dienone is 2. The highest BCUT2D eigenvalue weighted by Gasteiger charge is 2.32. The Kier molecular flexibility index (Phi) is 3.86. The molecule has 0 spiro atoms. The first kappa shape index (κ1) is 14.6. The second kappa shape index (κ2) is 5.82. The van der Waals surface area contributed by atoms with Crippen molar-refractivity contribution < 1.29 is 4.39 Å². The fourth-order valence-electron chi connectivity index (χ4n) is 2.80. The lowest BCUT2D eigenvalue weighted by Gasteiger charge is -2.26. The van der Waals surface area contributed by atoms with E-state index in [0.29, 0.717) is 22.0 Å². The molecule has 1 aliphatic rings. The maximum absolute atomic E-state index is 13.3. The van der Waals surface area contributed by atoms with Crippen molar-refractivity contribution in [1.82, 2.24) is 10.2 Å². The number of anilines is 1. The Labute approximate surface area is 132 Å². The van der Waals surface area contributed by atoms with Crippen LogP contribution in [-0.2, 0) is 0 Å². The molecule has 22 heavy (non-hydrogen) atoms. The van der Waals surface area contributed by atoms with Crippen LogP contribution in [0.2, 0.25) is 5.02 Å². The molecule has 4 nitrogen and oxygen atoms in total. The van der Waals surface area contributed by atoms with E-state index in [1.807, 2.05) is 6.92 Å². The van der Waals surface area contributed by atoms with Crippen molar-refractivity contribution in [2.24, 2.45) is 0 Å². The Bertz CT molecular complexity index is 788. The molecular formula is C16H14ClFN4. The maximum atomic E-state index is 13.3. The number of rotatable bonds is 3. The number of nitriles is 1. The molecule has 1 aromatic heterocycles. The molecule has 1 atom stereocenters. The van der Waals surface area contributed by atoms with Gasteiger partial charge in [-0.3, -0.25) is 5.10 Å². The SMILES string of the molecule is CCCC1=C(C#N)C(c2ccc(F)cc2Cl)c2c[nH]nc2N1. The van der Waals surface area contributed by atoms with Gasteiger partial charge in [0.05, 0.1) is 17.6 Å². The van der Waals surface area contributed by atoms with E-state index in [1.165, 1.54) is 12.1 Å². The Balaban J connectivity index is 2.20. The summed E-state index contributed by atoms with van der Waals surface area (Å²) in [4.78, 5) is 0. The average molecular weight is 317 g/mol. The van der Waals surface area contributed by atoms with Crippen molar-refractivity contribution >= 4 is 17.4 Å². The zero-order valence-corrected chi connectivity index (χ0v) is 12.7. The fourth-order valence-corrected chi connectivity index (χ4v) is 3.07. The number of hydrogen-bond acceptors (Lipinski definition) is 3. The second-order valence-electron chi connectivity index (χ2n) is 5.17. The topological polar surface area (TPSA) is 64.5 Å².